The van der Waals surface area contributed by atoms with E-state index in [1.165, 1.54) is 11.1 Å². The van der Waals surface area contributed by atoms with Gasteiger partial charge in [0.15, 0.2) is 0 Å². The van der Waals surface area contributed by atoms with Crippen molar-refractivity contribution in [3.05, 3.63) is 59.7 Å². The van der Waals surface area contributed by atoms with Crippen LogP contribution in [0.3, 0.4) is 0 Å². The van der Waals surface area contributed by atoms with E-state index in [1.54, 1.807) is 26.6 Å². The monoisotopic (exact) mass is 318 g/mol. The van der Waals surface area contributed by atoms with Crippen LogP contribution in [0.4, 0.5) is 0 Å². The highest BCUT2D eigenvalue weighted by Crippen LogP contribution is 2.02. The van der Waals surface area contributed by atoms with E-state index < -0.39 is 0 Å². The van der Waals surface area contributed by atoms with Crippen LogP contribution in [0.25, 0.3) is 0 Å². The fourth-order valence-electron chi connectivity index (χ4n) is 1.19. The van der Waals surface area contributed by atoms with Crippen LogP contribution in [0.15, 0.2) is 43.0 Å². The van der Waals surface area contributed by atoms with E-state index in [4.69, 9.17) is 9.47 Å². The van der Waals surface area contributed by atoms with Gasteiger partial charge in [0.1, 0.15) is 0 Å². The lowest BCUT2D eigenvalue weighted by Gasteiger charge is -2.14. The van der Waals surface area contributed by atoms with Crippen LogP contribution in [0.1, 0.15) is 37.5 Å². The minimum Gasteiger partial charge on any atom is -0.380 e. The molecule has 0 fully saturated rings. The van der Waals surface area contributed by atoms with E-state index in [2.05, 4.69) is 23.8 Å². The van der Waals surface area contributed by atoms with E-state index in [0.29, 0.717) is 6.61 Å². The molecule has 2 aromatic rings. The number of hydrogen-bond donors (Lipinski definition) is 0. The van der Waals surface area contributed by atoms with Crippen molar-refractivity contribution in [1.29, 1.82) is 0 Å². The highest BCUT2D eigenvalue weighted by atomic mass is 16.5. The summed E-state index contributed by atoms with van der Waals surface area (Å²) in [6.07, 6.45) is 7.22. The molecule has 0 aliphatic rings. The van der Waals surface area contributed by atoms with Gasteiger partial charge in [-0.1, -0.05) is 6.07 Å². The molecule has 23 heavy (non-hydrogen) atoms. The van der Waals surface area contributed by atoms with Gasteiger partial charge in [-0.3, -0.25) is 9.97 Å². The molecule has 0 amide bonds. The van der Waals surface area contributed by atoms with E-state index in [9.17, 15) is 0 Å². The zero-order chi connectivity index (χ0) is 17.7. The first-order chi connectivity index (χ1) is 10.8. The summed E-state index contributed by atoms with van der Waals surface area (Å²) in [6, 6.07) is 5.89. The Labute approximate surface area is 140 Å². The second kappa shape index (κ2) is 11.7. The van der Waals surface area contributed by atoms with Gasteiger partial charge in [0.25, 0.3) is 0 Å². The fourth-order valence-corrected chi connectivity index (χ4v) is 1.19. The van der Waals surface area contributed by atoms with Crippen LogP contribution in [-0.4, -0.2) is 29.8 Å². The molecule has 2 rings (SSSR count). The Balaban J connectivity index is 0.000000323. The van der Waals surface area contributed by atoms with Crippen molar-refractivity contribution < 1.29 is 9.47 Å². The molecule has 128 valence electrons. The van der Waals surface area contributed by atoms with Gasteiger partial charge in [-0.2, -0.15) is 0 Å². The van der Waals surface area contributed by atoms with Crippen molar-refractivity contribution in [1.82, 2.24) is 9.97 Å². The average Bonchev–Trinajstić information content (AvgIpc) is 2.52. The summed E-state index contributed by atoms with van der Waals surface area (Å²) in [5, 5.41) is 0. The normalized spacial score (nSPS) is 10.0. The van der Waals surface area contributed by atoms with Crippen molar-refractivity contribution in [2.24, 2.45) is 0 Å². The molecule has 0 aromatic carbocycles. The summed E-state index contributed by atoms with van der Waals surface area (Å²) in [5.41, 5.74) is 3.72. The SMILES string of the molecule is COC(C)(C)C.COCc1cccnc1.Cc1ccncc1C. The van der Waals surface area contributed by atoms with Gasteiger partial charge in [-0.25, -0.2) is 0 Å². The Morgan fingerprint density at radius 2 is 1.52 bits per heavy atom. The van der Waals surface area contributed by atoms with Crippen LogP contribution in [0.2, 0.25) is 0 Å². The lowest BCUT2D eigenvalue weighted by Crippen LogP contribution is -2.15. The molecule has 0 aliphatic heterocycles. The molecular weight excluding hydrogens is 288 g/mol. The fraction of sp³-hybridized carbons (Fsp3) is 0.474. The van der Waals surface area contributed by atoms with Crippen molar-refractivity contribution in [3.8, 4) is 0 Å². The third kappa shape index (κ3) is 12.4. The largest absolute Gasteiger partial charge is 0.380 e. The Bertz CT molecular complexity index is 501. The highest BCUT2D eigenvalue weighted by molar-refractivity contribution is 5.18. The van der Waals surface area contributed by atoms with Crippen molar-refractivity contribution in [2.75, 3.05) is 14.2 Å². The summed E-state index contributed by atoms with van der Waals surface area (Å²) in [4.78, 5) is 7.87. The van der Waals surface area contributed by atoms with Gasteiger partial charge in [0.2, 0.25) is 0 Å². The second-order valence-electron chi connectivity index (χ2n) is 6.07. The van der Waals surface area contributed by atoms with E-state index in [-0.39, 0.29) is 5.60 Å². The minimum absolute atomic E-state index is 0.0417. The lowest BCUT2D eigenvalue weighted by atomic mass is 10.2. The maximum atomic E-state index is 4.94. The van der Waals surface area contributed by atoms with Gasteiger partial charge in [0, 0.05) is 39.0 Å². The molecule has 2 heterocycles. The molecule has 0 aliphatic carbocycles. The molecule has 0 atom stereocenters. The predicted molar refractivity (Wildman–Crippen MR) is 95.4 cm³/mol. The number of pyridine rings is 2. The molecule has 0 radical (unpaired) electrons. The first-order valence-electron chi connectivity index (χ1n) is 7.60. The Morgan fingerprint density at radius 1 is 0.913 bits per heavy atom. The van der Waals surface area contributed by atoms with Crippen LogP contribution in [-0.2, 0) is 16.1 Å². The topological polar surface area (TPSA) is 44.2 Å². The molecule has 0 saturated heterocycles. The van der Waals surface area contributed by atoms with Crippen molar-refractivity contribution in [3.63, 3.8) is 0 Å². The average molecular weight is 318 g/mol. The molecule has 4 nitrogen and oxygen atoms in total. The number of methoxy groups -OCH3 is 2. The Kier molecular flexibility index (Phi) is 10.8. The van der Waals surface area contributed by atoms with Gasteiger partial charge in [0.05, 0.1) is 12.2 Å². The van der Waals surface area contributed by atoms with Gasteiger partial charge in [-0.05, 0) is 63.4 Å². The molecule has 0 spiro atoms. The number of aromatic nitrogens is 2. The third-order valence-corrected chi connectivity index (χ3v) is 2.95. The maximum absolute atomic E-state index is 4.94. The Hall–Kier alpha value is -1.78. The molecule has 0 N–H and O–H groups in total. The number of rotatable bonds is 2. The van der Waals surface area contributed by atoms with Gasteiger partial charge in [-0.15, -0.1) is 0 Å². The first kappa shape index (κ1) is 21.2. The zero-order valence-electron chi connectivity index (χ0n) is 15.5. The summed E-state index contributed by atoms with van der Waals surface area (Å²) in [5.74, 6) is 0. The van der Waals surface area contributed by atoms with Crippen LogP contribution < -0.4 is 0 Å². The standard InChI is InChI=1S/C7H9NO.C7H9N.C5H12O/c1-9-6-7-3-2-4-8-5-7;1-6-3-4-8-5-7(6)2;1-5(2,3)6-4/h2-5H,6H2,1H3;3-5H,1-2H3;1-4H3. The maximum Gasteiger partial charge on any atom is 0.0728 e. The number of nitrogens with zero attached hydrogens (tertiary/aromatic N) is 2. The highest BCUT2D eigenvalue weighted by Gasteiger charge is 2.04. The summed E-state index contributed by atoms with van der Waals surface area (Å²) in [6.45, 7) is 10.8. The summed E-state index contributed by atoms with van der Waals surface area (Å²) >= 11 is 0. The van der Waals surface area contributed by atoms with E-state index in [0.717, 1.165) is 5.56 Å². The van der Waals surface area contributed by atoms with E-state index >= 15 is 0 Å². The number of ether oxygens (including phenoxy) is 2. The van der Waals surface area contributed by atoms with Gasteiger partial charge < -0.3 is 9.47 Å². The van der Waals surface area contributed by atoms with Crippen LogP contribution >= 0.6 is 0 Å². The quantitative estimate of drug-likeness (QED) is 0.825. The summed E-state index contributed by atoms with van der Waals surface area (Å²) < 4.78 is 9.83. The zero-order valence-corrected chi connectivity index (χ0v) is 15.5. The Morgan fingerprint density at radius 3 is 1.87 bits per heavy atom. The molecule has 0 saturated carbocycles. The van der Waals surface area contributed by atoms with Crippen molar-refractivity contribution >= 4 is 0 Å². The van der Waals surface area contributed by atoms with Gasteiger partial charge >= 0.3 is 0 Å². The molecule has 2 aromatic heterocycles. The summed E-state index contributed by atoms with van der Waals surface area (Å²) in [7, 11) is 3.38. The van der Waals surface area contributed by atoms with Crippen LogP contribution in [0, 0.1) is 13.8 Å². The minimum atomic E-state index is 0.0417. The van der Waals surface area contributed by atoms with Crippen LogP contribution in [0.5, 0.6) is 0 Å². The first-order valence-corrected chi connectivity index (χ1v) is 7.60. The molecule has 4 heteroatoms. The number of hydrogen-bond acceptors (Lipinski definition) is 4. The number of aryl methyl sites for hydroxylation is 2. The third-order valence-electron chi connectivity index (χ3n) is 2.95. The molecular formula is C19H30N2O2. The predicted octanol–water partition coefficient (Wildman–Crippen LogP) is 4.36. The smallest absolute Gasteiger partial charge is 0.0728 e. The van der Waals surface area contributed by atoms with E-state index in [1.807, 2.05) is 51.4 Å². The second-order valence-corrected chi connectivity index (χ2v) is 6.07. The molecule has 0 bridgehead atoms. The molecule has 0 unspecified atom stereocenters. The lowest BCUT2D eigenvalue weighted by molar-refractivity contribution is 0.0397. The van der Waals surface area contributed by atoms with Crippen molar-refractivity contribution in [2.45, 2.75) is 46.8 Å².